The normalized spacial score (nSPS) is 13.0. The van der Waals surface area contributed by atoms with Crippen LogP contribution in [0.25, 0.3) is 10.8 Å². The summed E-state index contributed by atoms with van der Waals surface area (Å²) < 4.78 is 1.13. The summed E-state index contributed by atoms with van der Waals surface area (Å²) in [5.74, 6) is -0.325. The van der Waals surface area contributed by atoms with Crippen molar-refractivity contribution in [3.05, 3.63) is 74.7 Å². The standard InChI is InChI=1S/C18H14N4O4/c23-17(11-21-18(24)15-4-2-1-3-13(15)10-19-21)20-8-7-12-5-6-14(22(25)26)9-16(12)20/h1-6,9-10H,7-8,11H2. The molecule has 0 saturated carbocycles. The number of fused-ring (bicyclic) bond motifs is 2. The lowest BCUT2D eigenvalue weighted by Gasteiger charge is -2.17. The van der Waals surface area contributed by atoms with Crippen molar-refractivity contribution in [1.82, 2.24) is 9.78 Å². The summed E-state index contributed by atoms with van der Waals surface area (Å²) in [6.07, 6.45) is 2.17. The van der Waals surface area contributed by atoms with Crippen LogP contribution in [0.15, 0.2) is 53.5 Å². The molecule has 3 aromatic rings. The lowest BCUT2D eigenvalue weighted by atomic mass is 10.1. The molecular weight excluding hydrogens is 336 g/mol. The number of carbonyl (C=O) groups is 1. The van der Waals surface area contributed by atoms with Crippen LogP contribution < -0.4 is 10.5 Å². The van der Waals surface area contributed by atoms with Gasteiger partial charge in [0, 0.05) is 24.1 Å². The second-order valence-corrected chi connectivity index (χ2v) is 6.06. The van der Waals surface area contributed by atoms with Crippen LogP contribution in [-0.2, 0) is 17.8 Å². The molecule has 4 rings (SSSR count). The molecule has 26 heavy (non-hydrogen) atoms. The summed E-state index contributed by atoms with van der Waals surface area (Å²) in [4.78, 5) is 37.2. The summed E-state index contributed by atoms with van der Waals surface area (Å²) in [5, 5.41) is 16.3. The Morgan fingerprint density at radius 3 is 2.85 bits per heavy atom. The maximum absolute atomic E-state index is 12.7. The fourth-order valence-electron chi connectivity index (χ4n) is 3.19. The Balaban J connectivity index is 1.65. The molecule has 0 aliphatic carbocycles. The summed E-state index contributed by atoms with van der Waals surface area (Å²) in [7, 11) is 0. The maximum atomic E-state index is 12.7. The molecule has 0 spiro atoms. The highest BCUT2D eigenvalue weighted by Gasteiger charge is 2.27. The molecule has 0 N–H and O–H groups in total. The number of anilines is 1. The summed E-state index contributed by atoms with van der Waals surface area (Å²) in [5.41, 5.74) is 1.00. The minimum absolute atomic E-state index is 0.0653. The Morgan fingerprint density at radius 1 is 1.23 bits per heavy atom. The molecular formula is C18H14N4O4. The third-order valence-electron chi connectivity index (χ3n) is 4.52. The highest BCUT2D eigenvalue weighted by molar-refractivity contribution is 5.95. The number of amides is 1. The van der Waals surface area contributed by atoms with Crippen LogP contribution in [0.4, 0.5) is 11.4 Å². The van der Waals surface area contributed by atoms with Crippen molar-refractivity contribution in [1.29, 1.82) is 0 Å². The van der Waals surface area contributed by atoms with Crippen molar-refractivity contribution >= 4 is 28.1 Å². The van der Waals surface area contributed by atoms with Crippen molar-refractivity contribution in [2.24, 2.45) is 0 Å². The first kappa shape index (κ1) is 15.9. The molecule has 8 heteroatoms. The molecule has 0 fully saturated rings. The molecule has 0 unspecified atom stereocenters. The average Bonchev–Trinajstić information content (AvgIpc) is 3.07. The van der Waals surface area contributed by atoms with Crippen LogP contribution in [0.1, 0.15) is 5.56 Å². The van der Waals surface area contributed by atoms with E-state index in [9.17, 15) is 19.7 Å². The molecule has 0 bridgehead atoms. The van der Waals surface area contributed by atoms with Gasteiger partial charge in [-0.3, -0.25) is 19.7 Å². The first-order valence-electron chi connectivity index (χ1n) is 8.07. The number of hydrogen-bond donors (Lipinski definition) is 0. The van der Waals surface area contributed by atoms with Gasteiger partial charge in [0.25, 0.3) is 11.2 Å². The van der Waals surface area contributed by atoms with Crippen LogP contribution in [0.5, 0.6) is 0 Å². The number of rotatable bonds is 3. The largest absolute Gasteiger partial charge is 0.310 e. The van der Waals surface area contributed by atoms with E-state index in [1.807, 2.05) is 6.07 Å². The van der Waals surface area contributed by atoms with E-state index in [4.69, 9.17) is 0 Å². The fourth-order valence-corrected chi connectivity index (χ4v) is 3.19. The number of hydrogen-bond acceptors (Lipinski definition) is 5. The van der Waals surface area contributed by atoms with Crippen LogP contribution in [0.3, 0.4) is 0 Å². The molecule has 1 aliphatic heterocycles. The summed E-state index contributed by atoms with van der Waals surface area (Å²) in [6.45, 7) is 0.212. The molecule has 1 aliphatic rings. The zero-order valence-corrected chi connectivity index (χ0v) is 13.7. The quantitative estimate of drug-likeness (QED) is 0.531. The number of nitro benzene ring substituents is 1. The van der Waals surface area contributed by atoms with Crippen LogP contribution in [0.2, 0.25) is 0 Å². The fraction of sp³-hybridized carbons (Fsp3) is 0.167. The minimum atomic E-state index is -0.489. The second kappa shape index (κ2) is 6.07. The number of nitro groups is 1. The molecule has 8 nitrogen and oxygen atoms in total. The Bertz CT molecular complexity index is 1110. The maximum Gasteiger partial charge on any atom is 0.275 e. The van der Waals surface area contributed by atoms with E-state index in [2.05, 4.69) is 5.10 Å². The summed E-state index contributed by atoms with van der Waals surface area (Å²) >= 11 is 0. The molecule has 1 amide bonds. The van der Waals surface area contributed by atoms with Gasteiger partial charge in [-0.25, -0.2) is 4.68 Å². The SMILES string of the molecule is O=C(Cn1ncc2ccccc2c1=O)N1CCc2ccc([N+](=O)[O-])cc21. The van der Waals surface area contributed by atoms with Gasteiger partial charge in [-0.05, 0) is 18.1 Å². The Labute approximate surface area is 147 Å². The van der Waals surface area contributed by atoms with E-state index >= 15 is 0 Å². The van der Waals surface area contributed by atoms with E-state index in [0.717, 1.165) is 10.2 Å². The van der Waals surface area contributed by atoms with E-state index in [0.29, 0.717) is 29.4 Å². The predicted octanol–water partition coefficient (Wildman–Crippen LogP) is 1.89. The molecule has 130 valence electrons. The Kier molecular flexibility index (Phi) is 3.72. The van der Waals surface area contributed by atoms with Crippen LogP contribution >= 0.6 is 0 Å². The summed E-state index contributed by atoms with van der Waals surface area (Å²) in [6, 6.07) is 11.5. The zero-order chi connectivity index (χ0) is 18.3. The first-order valence-corrected chi connectivity index (χ1v) is 8.07. The Hall–Kier alpha value is -3.55. The van der Waals surface area contributed by atoms with Crippen molar-refractivity contribution in [3.8, 4) is 0 Å². The van der Waals surface area contributed by atoms with Gasteiger partial charge in [-0.15, -0.1) is 0 Å². The van der Waals surface area contributed by atoms with Crippen LogP contribution in [0, 0.1) is 10.1 Å². The van der Waals surface area contributed by atoms with E-state index in [1.54, 1.807) is 30.5 Å². The van der Waals surface area contributed by atoms with Gasteiger partial charge in [0.2, 0.25) is 5.91 Å². The van der Waals surface area contributed by atoms with Crippen molar-refractivity contribution < 1.29 is 9.72 Å². The van der Waals surface area contributed by atoms with Gasteiger partial charge in [0.1, 0.15) is 6.54 Å². The molecule has 0 atom stereocenters. The number of carbonyl (C=O) groups excluding carboxylic acids is 1. The zero-order valence-electron chi connectivity index (χ0n) is 13.7. The topological polar surface area (TPSA) is 98.3 Å². The highest BCUT2D eigenvalue weighted by atomic mass is 16.6. The van der Waals surface area contributed by atoms with E-state index in [1.165, 1.54) is 17.0 Å². The van der Waals surface area contributed by atoms with Crippen LogP contribution in [-0.4, -0.2) is 27.2 Å². The molecule has 1 aromatic heterocycles. The number of aromatic nitrogens is 2. The van der Waals surface area contributed by atoms with Crippen molar-refractivity contribution in [2.75, 3.05) is 11.4 Å². The van der Waals surface area contributed by atoms with Gasteiger partial charge in [-0.2, -0.15) is 5.10 Å². The van der Waals surface area contributed by atoms with Crippen molar-refractivity contribution in [3.63, 3.8) is 0 Å². The van der Waals surface area contributed by atoms with Crippen molar-refractivity contribution in [2.45, 2.75) is 13.0 Å². The lowest BCUT2D eigenvalue weighted by molar-refractivity contribution is -0.384. The second-order valence-electron chi connectivity index (χ2n) is 6.06. The molecule has 0 saturated heterocycles. The van der Waals surface area contributed by atoms with Gasteiger partial charge >= 0.3 is 0 Å². The number of non-ortho nitro benzene ring substituents is 1. The third-order valence-corrected chi connectivity index (χ3v) is 4.52. The minimum Gasteiger partial charge on any atom is -0.310 e. The molecule has 0 radical (unpaired) electrons. The van der Waals surface area contributed by atoms with Gasteiger partial charge < -0.3 is 4.90 Å². The monoisotopic (exact) mass is 350 g/mol. The van der Waals surface area contributed by atoms with E-state index in [-0.39, 0.29) is 23.7 Å². The van der Waals surface area contributed by atoms with Gasteiger partial charge in [0.15, 0.2) is 0 Å². The lowest BCUT2D eigenvalue weighted by Crippen LogP contribution is -2.36. The highest BCUT2D eigenvalue weighted by Crippen LogP contribution is 2.31. The smallest absolute Gasteiger partial charge is 0.275 e. The number of benzene rings is 2. The van der Waals surface area contributed by atoms with Gasteiger partial charge in [0.05, 0.1) is 22.2 Å². The molecule has 2 heterocycles. The average molecular weight is 350 g/mol. The molecule has 2 aromatic carbocycles. The third kappa shape index (κ3) is 2.61. The predicted molar refractivity (Wildman–Crippen MR) is 95.2 cm³/mol. The van der Waals surface area contributed by atoms with Gasteiger partial charge in [-0.1, -0.05) is 24.3 Å². The van der Waals surface area contributed by atoms with E-state index < -0.39 is 4.92 Å². The first-order chi connectivity index (χ1) is 12.5. The Morgan fingerprint density at radius 2 is 2.04 bits per heavy atom. The number of nitrogens with zero attached hydrogens (tertiary/aromatic N) is 4.